The zero-order valence-electron chi connectivity index (χ0n) is 11.5. The van der Waals surface area contributed by atoms with Gasteiger partial charge in [-0.2, -0.15) is 0 Å². The van der Waals surface area contributed by atoms with E-state index in [0.717, 1.165) is 23.9 Å². The Morgan fingerprint density at radius 1 is 1.35 bits per heavy atom. The summed E-state index contributed by atoms with van der Waals surface area (Å²) in [7, 11) is 0. The van der Waals surface area contributed by atoms with Crippen molar-refractivity contribution in [1.29, 1.82) is 0 Å². The van der Waals surface area contributed by atoms with Crippen molar-refractivity contribution in [2.75, 3.05) is 5.73 Å². The molecule has 3 rings (SSSR count). The summed E-state index contributed by atoms with van der Waals surface area (Å²) in [4.78, 5) is 17.1. The molecule has 0 amide bonds. The van der Waals surface area contributed by atoms with Crippen LogP contribution in [0.2, 0.25) is 0 Å². The van der Waals surface area contributed by atoms with Crippen LogP contribution >= 0.6 is 0 Å². The van der Waals surface area contributed by atoms with E-state index in [1.54, 1.807) is 16.7 Å². The summed E-state index contributed by atoms with van der Waals surface area (Å²) in [6.07, 6.45) is 2.64. The van der Waals surface area contributed by atoms with Crippen LogP contribution in [0.1, 0.15) is 36.3 Å². The highest BCUT2D eigenvalue weighted by Gasteiger charge is 2.28. The number of aromatic nitrogens is 2. The molecule has 1 fully saturated rings. The third-order valence-corrected chi connectivity index (χ3v) is 4.11. The monoisotopic (exact) mass is 273 g/mol. The number of fused-ring (bicyclic) bond motifs is 1. The van der Waals surface area contributed by atoms with Gasteiger partial charge in [-0.3, -0.25) is 9.36 Å². The fourth-order valence-electron chi connectivity index (χ4n) is 3.00. The SMILES string of the molecule is Cc1nc2cc(N)ccc2n1C(=O)C1CCC(O)CC1. The maximum absolute atomic E-state index is 12.7. The van der Waals surface area contributed by atoms with Crippen molar-refractivity contribution in [3.63, 3.8) is 0 Å². The summed E-state index contributed by atoms with van der Waals surface area (Å²) >= 11 is 0. The van der Waals surface area contributed by atoms with Crippen LogP contribution in [-0.2, 0) is 0 Å². The molecule has 2 aromatic rings. The molecule has 0 unspecified atom stereocenters. The molecule has 5 heteroatoms. The minimum absolute atomic E-state index is 0.0212. The summed E-state index contributed by atoms with van der Waals surface area (Å²) in [5, 5.41) is 9.55. The van der Waals surface area contributed by atoms with Gasteiger partial charge in [0.1, 0.15) is 5.82 Å². The van der Waals surface area contributed by atoms with E-state index in [2.05, 4.69) is 4.98 Å². The molecule has 0 aliphatic heterocycles. The van der Waals surface area contributed by atoms with Gasteiger partial charge in [0, 0.05) is 11.6 Å². The number of aryl methyl sites for hydroxylation is 1. The molecule has 20 heavy (non-hydrogen) atoms. The number of carbonyl (C=O) groups excluding carboxylic acids is 1. The number of hydrogen-bond donors (Lipinski definition) is 2. The summed E-state index contributed by atoms with van der Waals surface area (Å²) in [5.41, 5.74) is 7.97. The predicted octanol–water partition coefficient (Wildman–Crippen LogP) is 2.12. The van der Waals surface area contributed by atoms with Gasteiger partial charge in [0.05, 0.1) is 17.1 Å². The van der Waals surface area contributed by atoms with E-state index in [1.807, 2.05) is 13.0 Å². The second-order valence-electron chi connectivity index (χ2n) is 5.59. The van der Waals surface area contributed by atoms with Gasteiger partial charge in [0.2, 0.25) is 5.91 Å². The fourth-order valence-corrected chi connectivity index (χ4v) is 3.00. The van der Waals surface area contributed by atoms with Gasteiger partial charge in [-0.15, -0.1) is 0 Å². The van der Waals surface area contributed by atoms with Crippen molar-refractivity contribution in [2.45, 2.75) is 38.7 Å². The Kier molecular flexibility index (Phi) is 3.22. The van der Waals surface area contributed by atoms with Gasteiger partial charge in [-0.25, -0.2) is 4.98 Å². The van der Waals surface area contributed by atoms with E-state index in [4.69, 9.17) is 5.73 Å². The quantitative estimate of drug-likeness (QED) is 0.780. The minimum atomic E-state index is -0.250. The highest BCUT2D eigenvalue weighted by Crippen LogP contribution is 2.28. The van der Waals surface area contributed by atoms with Crippen LogP contribution in [0.25, 0.3) is 11.0 Å². The molecule has 0 bridgehead atoms. The van der Waals surface area contributed by atoms with Crippen LogP contribution in [0.3, 0.4) is 0 Å². The molecule has 3 N–H and O–H groups in total. The molecule has 5 nitrogen and oxygen atoms in total. The number of rotatable bonds is 1. The molecule has 1 aromatic carbocycles. The average Bonchev–Trinajstić information content (AvgIpc) is 2.73. The number of benzene rings is 1. The van der Waals surface area contributed by atoms with E-state index >= 15 is 0 Å². The topological polar surface area (TPSA) is 81.1 Å². The summed E-state index contributed by atoms with van der Waals surface area (Å²) < 4.78 is 1.69. The standard InChI is InChI=1S/C15H19N3O2/c1-9-17-13-8-11(16)4-7-14(13)18(9)15(20)10-2-5-12(19)6-3-10/h4,7-8,10,12,19H,2-3,5-6,16H2,1H3. The smallest absolute Gasteiger partial charge is 0.235 e. The van der Waals surface area contributed by atoms with Gasteiger partial charge in [0.15, 0.2) is 0 Å². The Balaban J connectivity index is 1.97. The molecule has 1 aromatic heterocycles. The molecule has 0 spiro atoms. The van der Waals surface area contributed by atoms with E-state index in [-0.39, 0.29) is 17.9 Å². The predicted molar refractivity (Wildman–Crippen MR) is 77.5 cm³/mol. The lowest BCUT2D eigenvalue weighted by Crippen LogP contribution is -2.28. The first-order valence-electron chi connectivity index (χ1n) is 7.03. The molecule has 1 aliphatic carbocycles. The summed E-state index contributed by atoms with van der Waals surface area (Å²) in [6.45, 7) is 1.84. The number of nitrogen functional groups attached to an aromatic ring is 1. The maximum atomic E-state index is 12.7. The zero-order chi connectivity index (χ0) is 14.3. The number of carbonyl (C=O) groups is 1. The van der Waals surface area contributed by atoms with E-state index < -0.39 is 0 Å². The van der Waals surface area contributed by atoms with Crippen LogP contribution < -0.4 is 5.73 Å². The Hall–Kier alpha value is -1.88. The Morgan fingerprint density at radius 2 is 2.05 bits per heavy atom. The number of aliphatic hydroxyl groups excluding tert-OH is 1. The Bertz CT molecular complexity index is 654. The lowest BCUT2D eigenvalue weighted by Gasteiger charge is -2.24. The van der Waals surface area contributed by atoms with Crippen molar-refractivity contribution in [2.24, 2.45) is 5.92 Å². The summed E-state index contributed by atoms with van der Waals surface area (Å²) in [5.74, 6) is 0.760. The normalized spacial score (nSPS) is 23.1. The molecule has 106 valence electrons. The average molecular weight is 273 g/mol. The van der Waals surface area contributed by atoms with Gasteiger partial charge >= 0.3 is 0 Å². The fraction of sp³-hybridized carbons (Fsp3) is 0.467. The lowest BCUT2D eigenvalue weighted by atomic mass is 9.87. The van der Waals surface area contributed by atoms with E-state index in [1.165, 1.54) is 0 Å². The minimum Gasteiger partial charge on any atom is -0.399 e. The molecule has 1 heterocycles. The molecular formula is C15H19N3O2. The first-order chi connectivity index (χ1) is 9.56. The summed E-state index contributed by atoms with van der Waals surface area (Å²) in [6, 6.07) is 5.43. The van der Waals surface area contributed by atoms with E-state index in [0.29, 0.717) is 24.4 Å². The molecule has 0 radical (unpaired) electrons. The molecule has 1 saturated carbocycles. The van der Waals surface area contributed by atoms with Crippen LogP contribution in [0.4, 0.5) is 5.69 Å². The highest BCUT2D eigenvalue weighted by atomic mass is 16.3. The second kappa shape index (κ2) is 4.90. The van der Waals surface area contributed by atoms with Crippen LogP contribution in [0.5, 0.6) is 0 Å². The molecular weight excluding hydrogens is 254 g/mol. The lowest BCUT2D eigenvalue weighted by molar-refractivity contribution is 0.0690. The number of imidazole rings is 1. The number of nitrogens with two attached hydrogens (primary N) is 1. The molecule has 0 atom stereocenters. The Morgan fingerprint density at radius 3 is 2.75 bits per heavy atom. The highest BCUT2D eigenvalue weighted by molar-refractivity contribution is 5.93. The first-order valence-corrected chi connectivity index (χ1v) is 7.03. The molecule has 1 aliphatic rings. The van der Waals surface area contributed by atoms with Crippen LogP contribution in [0, 0.1) is 12.8 Å². The van der Waals surface area contributed by atoms with Gasteiger partial charge in [0.25, 0.3) is 0 Å². The molecule has 0 saturated heterocycles. The van der Waals surface area contributed by atoms with E-state index in [9.17, 15) is 9.90 Å². The maximum Gasteiger partial charge on any atom is 0.235 e. The van der Waals surface area contributed by atoms with Crippen molar-refractivity contribution < 1.29 is 9.90 Å². The van der Waals surface area contributed by atoms with Crippen molar-refractivity contribution in [3.05, 3.63) is 24.0 Å². The van der Waals surface area contributed by atoms with Crippen molar-refractivity contribution in [1.82, 2.24) is 9.55 Å². The number of anilines is 1. The van der Waals surface area contributed by atoms with Crippen LogP contribution in [-0.4, -0.2) is 26.7 Å². The largest absolute Gasteiger partial charge is 0.399 e. The van der Waals surface area contributed by atoms with Gasteiger partial charge in [-0.1, -0.05) is 0 Å². The number of hydrogen-bond acceptors (Lipinski definition) is 4. The zero-order valence-corrected chi connectivity index (χ0v) is 11.5. The third-order valence-electron chi connectivity index (χ3n) is 4.11. The van der Waals surface area contributed by atoms with Crippen molar-refractivity contribution >= 4 is 22.6 Å². The first kappa shape index (κ1) is 13.1. The number of aliphatic hydroxyl groups is 1. The second-order valence-corrected chi connectivity index (χ2v) is 5.59. The van der Waals surface area contributed by atoms with Crippen molar-refractivity contribution in [3.8, 4) is 0 Å². The number of nitrogens with zero attached hydrogens (tertiary/aromatic N) is 2. The third kappa shape index (κ3) is 2.18. The van der Waals surface area contributed by atoms with Gasteiger partial charge in [-0.05, 0) is 50.8 Å². The van der Waals surface area contributed by atoms with Crippen LogP contribution in [0.15, 0.2) is 18.2 Å². The van der Waals surface area contributed by atoms with Gasteiger partial charge < -0.3 is 10.8 Å². The Labute approximate surface area is 117 Å².